The molecule has 2 heterocycles. The standard InChI is InChI=1S/C45H61N5O9/c1-6-7-25-57-44(55)50-24-11-14-34(30-50)21-26-56-37-17-15-32(2)36(27-37)29-47-41(52)38(18-16-33-19-22-46-23-20-33)48-42(53)39(28-40(51)59-45(3,4)5)49-43(54)58-31-35-12-9-8-10-13-35/h8-10,12-13,15,17,19-20,22-23,27,34,38-39H,6-7,11,14,16,18,21,24-26,28-31H2,1-5H3,(H,47,52)(H,48,53)(H,49,54)/t34?,38?,39-/m0/s1. The van der Waals surface area contributed by atoms with Crippen molar-refractivity contribution in [2.75, 3.05) is 26.3 Å². The summed E-state index contributed by atoms with van der Waals surface area (Å²) in [5, 5.41) is 8.24. The first-order valence-electron chi connectivity index (χ1n) is 20.6. The van der Waals surface area contributed by atoms with E-state index < -0.39 is 48.0 Å². The largest absolute Gasteiger partial charge is 0.494 e. The van der Waals surface area contributed by atoms with Crippen molar-refractivity contribution in [2.24, 2.45) is 5.92 Å². The summed E-state index contributed by atoms with van der Waals surface area (Å²) in [4.78, 5) is 71.8. The molecule has 1 saturated heterocycles. The molecule has 0 spiro atoms. The van der Waals surface area contributed by atoms with E-state index in [2.05, 4.69) is 27.9 Å². The van der Waals surface area contributed by atoms with Gasteiger partial charge in [0, 0.05) is 32.0 Å². The van der Waals surface area contributed by atoms with Crippen molar-refractivity contribution in [3.63, 3.8) is 0 Å². The number of carbonyl (C=O) groups is 5. The van der Waals surface area contributed by atoms with Gasteiger partial charge in [0.25, 0.3) is 0 Å². The Hall–Kier alpha value is -5.66. The molecule has 1 aliphatic rings. The SMILES string of the molecule is CCCCOC(=O)N1CCCC(CCOc2ccc(C)c(CNC(=O)C(CCc3ccncc3)NC(=O)[C@H](CC(=O)OC(C)(C)C)NC(=O)OCc3ccccc3)c2)C1. The Morgan fingerprint density at radius 1 is 0.898 bits per heavy atom. The molecule has 59 heavy (non-hydrogen) atoms. The molecule has 1 aliphatic heterocycles. The van der Waals surface area contributed by atoms with Gasteiger partial charge in [0.2, 0.25) is 11.8 Å². The monoisotopic (exact) mass is 815 g/mol. The number of nitrogens with one attached hydrogen (secondary N) is 3. The number of ether oxygens (including phenoxy) is 4. The van der Waals surface area contributed by atoms with Crippen LogP contribution in [-0.2, 0) is 48.2 Å². The number of rotatable bonds is 20. The summed E-state index contributed by atoms with van der Waals surface area (Å²) in [6.45, 7) is 11.5. The second-order valence-electron chi connectivity index (χ2n) is 15.9. The molecule has 1 aromatic heterocycles. The predicted molar refractivity (Wildman–Crippen MR) is 222 cm³/mol. The lowest BCUT2D eigenvalue weighted by Crippen LogP contribution is -2.54. The van der Waals surface area contributed by atoms with Crippen LogP contribution in [0.15, 0.2) is 73.1 Å². The van der Waals surface area contributed by atoms with Crippen LogP contribution in [0.1, 0.15) is 94.9 Å². The Labute approximate surface area is 348 Å². The van der Waals surface area contributed by atoms with Gasteiger partial charge in [-0.3, -0.25) is 19.4 Å². The van der Waals surface area contributed by atoms with E-state index in [1.807, 2.05) is 55.5 Å². The van der Waals surface area contributed by atoms with Crippen LogP contribution >= 0.6 is 0 Å². The molecule has 2 unspecified atom stereocenters. The van der Waals surface area contributed by atoms with E-state index in [0.29, 0.717) is 44.4 Å². The first kappa shape index (κ1) is 46.0. The number of pyridine rings is 1. The van der Waals surface area contributed by atoms with Gasteiger partial charge < -0.3 is 39.8 Å². The zero-order valence-corrected chi connectivity index (χ0v) is 35.1. The number of aromatic nitrogens is 1. The van der Waals surface area contributed by atoms with Crippen LogP contribution in [-0.4, -0.2) is 83.8 Å². The highest BCUT2D eigenvalue weighted by Crippen LogP contribution is 2.23. The number of hydrogen-bond acceptors (Lipinski definition) is 10. The fourth-order valence-electron chi connectivity index (χ4n) is 6.51. The van der Waals surface area contributed by atoms with E-state index >= 15 is 0 Å². The molecule has 3 aromatic rings. The molecule has 14 heteroatoms. The van der Waals surface area contributed by atoms with Crippen LogP contribution in [0.2, 0.25) is 0 Å². The number of nitrogens with zero attached hydrogens (tertiary/aromatic N) is 2. The summed E-state index contributed by atoms with van der Waals surface area (Å²) >= 11 is 0. The molecule has 2 aromatic carbocycles. The molecular weight excluding hydrogens is 755 g/mol. The summed E-state index contributed by atoms with van der Waals surface area (Å²) in [6, 6.07) is 16.0. The van der Waals surface area contributed by atoms with E-state index in [4.69, 9.17) is 18.9 Å². The third-order valence-electron chi connectivity index (χ3n) is 9.79. The van der Waals surface area contributed by atoms with Gasteiger partial charge in [-0.1, -0.05) is 49.7 Å². The first-order valence-corrected chi connectivity index (χ1v) is 20.6. The van der Waals surface area contributed by atoms with Gasteiger partial charge in [-0.25, -0.2) is 9.59 Å². The van der Waals surface area contributed by atoms with Crippen LogP contribution in [0, 0.1) is 12.8 Å². The topological polar surface area (TPSA) is 174 Å². The van der Waals surface area contributed by atoms with Crippen molar-refractivity contribution >= 4 is 30.0 Å². The highest BCUT2D eigenvalue weighted by atomic mass is 16.6. The summed E-state index contributed by atoms with van der Waals surface area (Å²) in [7, 11) is 0. The number of amides is 4. The number of alkyl carbamates (subject to hydrolysis) is 1. The van der Waals surface area contributed by atoms with Gasteiger partial charge in [0.15, 0.2) is 0 Å². The highest BCUT2D eigenvalue weighted by molar-refractivity contribution is 5.93. The van der Waals surface area contributed by atoms with Crippen molar-refractivity contribution in [3.05, 3.63) is 95.3 Å². The van der Waals surface area contributed by atoms with Gasteiger partial charge >= 0.3 is 18.2 Å². The number of esters is 1. The Morgan fingerprint density at radius 3 is 2.39 bits per heavy atom. The molecule has 0 aliphatic carbocycles. The van der Waals surface area contributed by atoms with E-state index in [0.717, 1.165) is 54.4 Å². The average molecular weight is 816 g/mol. The molecule has 4 rings (SSSR count). The van der Waals surface area contributed by atoms with Gasteiger partial charge in [0.05, 0.1) is 19.6 Å². The third kappa shape index (κ3) is 17.0. The summed E-state index contributed by atoms with van der Waals surface area (Å²) in [5.74, 6) is -0.937. The molecule has 3 N–H and O–H groups in total. The Bertz CT molecular complexity index is 1800. The quantitative estimate of drug-likeness (QED) is 0.0643. The minimum atomic E-state index is -1.39. The molecule has 3 atom stereocenters. The van der Waals surface area contributed by atoms with Crippen molar-refractivity contribution in [1.29, 1.82) is 0 Å². The number of hydrogen-bond donors (Lipinski definition) is 3. The van der Waals surface area contributed by atoms with Crippen LogP contribution in [0.25, 0.3) is 0 Å². The van der Waals surface area contributed by atoms with Crippen molar-refractivity contribution < 1.29 is 42.9 Å². The van der Waals surface area contributed by atoms with Crippen LogP contribution in [0.4, 0.5) is 9.59 Å². The molecular formula is C45H61N5O9. The minimum absolute atomic E-state index is 0.0490. The van der Waals surface area contributed by atoms with Crippen molar-refractivity contribution in [3.8, 4) is 5.75 Å². The van der Waals surface area contributed by atoms with E-state index in [9.17, 15) is 24.0 Å². The lowest BCUT2D eigenvalue weighted by molar-refractivity contribution is -0.156. The third-order valence-corrected chi connectivity index (χ3v) is 9.79. The van der Waals surface area contributed by atoms with E-state index in [1.165, 1.54) is 0 Å². The van der Waals surface area contributed by atoms with Crippen LogP contribution in [0.5, 0.6) is 5.75 Å². The van der Waals surface area contributed by atoms with E-state index in [-0.39, 0.29) is 25.7 Å². The maximum atomic E-state index is 13.9. The second kappa shape index (κ2) is 23.7. The summed E-state index contributed by atoms with van der Waals surface area (Å²) in [5.41, 5.74) is 2.59. The minimum Gasteiger partial charge on any atom is -0.494 e. The molecule has 0 saturated carbocycles. The molecule has 14 nitrogen and oxygen atoms in total. The average Bonchev–Trinajstić information content (AvgIpc) is 3.21. The number of carbonyl (C=O) groups excluding carboxylic acids is 5. The first-order chi connectivity index (χ1) is 28.3. The molecule has 1 fully saturated rings. The normalized spacial score (nSPS) is 14.9. The van der Waals surface area contributed by atoms with Crippen molar-refractivity contribution in [2.45, 2.75) is 117 Å². The Kier molecular flexibility index (Phi) is 18.5. The smallest absolute Gasteiger partial charge is 0.409 e. The number of likely N-dealkylation sites (tertiary alicyclic amines) is 1. The summed E-state index contributed by atoms with van der Waals surface area (Å²) < 4.78 is 22.4. The fraction of sp³-hybridized carbons (Fsp3) is 0.511. The molecule has 4 amide bonds. The van der Waals surface area contributed by atoms with Crippen LogP contribution < -0.4 is 20.7 Å². The van der Waals surface area contributed by atoms with Crippen molar-refractivity contribution in [1.82, 2.24) is 25.8 Å². The fourth-order valence-corrected chi connectivity index (χ4v) is 6.51. The summed E-state index contributed by atoms with van der Waals surface area (Å²) in [6.07, 6.45) is 6.87. The highest BCUT2D eigenvalue weighted by Gasteiger charge is 2.31. The number of piperidine rings is 1. The van der Waals surface area contributed by atoms with Crippen LogP contribution in [0.3, 0.4) is 0 Å². The molecule has 0 radical (unpaired) electrons. The maximum absolute atomic E-state index is 13.9. The number of benzene rings is 2. The number of unbranched alkanes of at least 4 members (excludes halogenated alkanes) is 1. The van der Waals surface area contributed by atoms with Gasteiger partial charge in [-0.15, -0.1) is 0 Å². The van der Waals surface area contributed by atoms with Gasteiger partial charge in [-0.05, 0) is 119 Å². The van der Waals surface area contributed by atoms with Gasteiger partial charge in [-0.2, -0.15) is 0 Å². The molecule has 320 valence electrons. The zero-order chi connectivity index (χ0) is 42.6. The van der Waals surface area contributed by atoms with E-state index in [1.54, 1.807) is 50.2 Å². The lowest BCUT2D eigenvalue weighted by atomic mass is 9.95. The predicted octanol–water partition coefficient (Wildman–Crippen LogP) is 6.57. The zero-order valence-electron chi connectivity index (χ0n) is 35.1. The second-order valence-corrected chi connectivity index (χ2v) is 15.9. The Balaban J connectivity index is 1.39. The lowest BCUT2D eigenvalue weighted by Gasteiger charge is -2.32. The maximum Gasteiger partial charge on any atom is 0.409 e. The molecule has 0 bridgehead atoms. The number of aryl methyl sites for hydroxylation is 2. The Morgan fingerprint density at radius 2 is 1.66 bits per heavy atom. The van der Waals surface area contributed by atoms with Gasteiger partial charge in [0.1, 0.15) is 30.0 Å².